The number of hydrogen-bond acceptors (Lipinski definition) is 2. The Balaban J connectivity index is 2.32. The van der Waals surface area contributed by atoms with E-state index in [1.54, 1.807) is 13.2 Å². The summed E-state index contributed by atoms with van der Waals surface area (Å²) in [6.45, 7) is 4.94. The molecule has 0 aliphatic carbocycles. The summed E-state index contributed by atoms with van der Waals surface area (Å²) in [5.74, 6) is 0.890. The SMILES string of the molecule is C=CCOCCc1ccc(OC)cc1. The molecule has 2 heteroatoms. The van der Waals surface area contributed by atoms with E-state index in [9.17, 15) is 0 Å². The molecule has 0 amide bonds. The molecule has 0 spiro atoms. The molecule has 0 fully saturated rings. The molecule has 76 valence electrons. The zero-order chi connectivity index (χ0) is 10.2. The first-order valence-corrected chi connectivity index (χ1v) is 4.68. The number of hydrogen-bond donors (Lipinski definition) is 0. The van der Waals surface area contributed by atoms with Gasteiger partial charge in [0.1, 0.15) is 5.75 Å². The summed E-state index contributed by atoms with van der Waals surface area (Å²) in [5, 5.41) is 0. The predicted octanol–water partition coefficient (Wildman–Crippen LogP) is 2.44. The molecular formula is C12H16O2. The third-order valence-corrected chi connectivity index (χ3v) is 1.93. The maximum Gasteiger partial charge on any atom is 0.118 e. The van der Waals surface area contributed by atoms with Crippen LogP contribution in [-0.2, 0) is 11.2 Å². The van der Waals surface area contributed by atoms with Crippen molar-refractivity contribution in [2.24, 2.45) is 0 Å². The number of benzene rings is 1. The lowest BCUT2D eigenvalue weighted by Gasteiger charge is -2.03. The van der Waals surface area contributed by atoms with Crippen molar-refractivity contribution in [2.45, 2.75) is 6.42 Å². The average molecular weight is 192 g/mol. The summed E-state index contributed by atoms with van der Waals surface area (Å²) in [6.07, 6.45) is 2.69. The summed E-state index contributed by atoms with van der Waals surface area (Å²) in [5.41, 5.74) is 1.26. The zero-order valence-electron chi connectivity index (χ0n) is 8.53. The van der Waals surface area contributed by atoms with Crippen LogP contribution < -0.4 is 4.74 Å². The summed E-state index contributed by atoms with van der Waals surface area (Å²) in [7, 11) is 1.67. The van der Waals surface area contributed by atoms with Crippen molar-refractivity contribution in [2.75, 3.05) is 20.3 Å². The molecule has 0 atom stereocenters. The van der Waals surface area contributed by atoms with Crippen LogP contribution in [0.1, 0.15) is 5.56 Å². The van der Waals surface area contributed by atoms with Crippen LogP contribution in [0.5, 0.6) is 5.75 Å². The molecule has 1 aromatic rings. The third kappa shape index (κ3) is 3.62. The van der Waals surface area contributed by atoms with Gasteiger partial charge in [-0.25, -0.2) is 0 Å². The maximum atomic E-state index is 5.29. The van der Waals surface area contributed by atoms with Gasteiger partial charge in [-0.1, -0.05) is 18.2 Å². The standard InChI is InChI=1S/C12H16O2/c1-3-9-14-10-8-11-4-6-12(13-2)7-5-11/h3-7H,1,8-10H2,2H3. The summed E-state index contributed by atoms with van der Waals surface area (Å²) in [4.78, 5) is 0. The Morgan fingerprint density at radius 3 is 2.57 bits per heavy atom. The van der Waals surface area contributed by atoms with Gasteiger partial charge in [0.15, 0.2) is 0 Å². The fourth-order valence-corrected chi connectivity index (χ4v) is 1.15. The lowest BCUT2D eigenvalue weighted by Crippen LogP contribution is -1.98. The second kappa shape index (κ2) is 6.22. The molecule has 0 unspecified atom stereocenters. The molecule has 0 saturated heterocycles. The van der Waals surface area contributed by atoms with E-state index in [1.807, 2.05) is 12.1 Å². The molecule has 2 nitrogen and oxygen atoms in total. The topological polar surface area (TPSA) is 18.5 Å². The number of methoxy groups -OCH3 is 1. The van der Waals surface area contributed by atoms with Crippen molar-refractivity contribution < 1.29 is 9.47 Å². The first-order chi connectivity index (χ1) is 6.86. The van der Waals surface area contributed by atoms with Gasteiger partial charge < -0.3 is 9.47 Å². The van der Waals surface area contributed by atoms with E-state index in [-0.39, 0.29) is 0 Å². The van der Waals surface area contributed by atoms with E-state index < -0.39 is 0 Å². The molecule has 0 heterocycles. The average Bonchev–Trinajstić information content (AvgIpc) is 2.25. The highest BCUT2D eigenvalue weighted by atomic mass is 16.5. The van der Waals surface area contributed by atoms with Gasteiger partial charge in [0, 0.05) is 0 Å². The van der Waals surface area contributed by atoms with E-state index >= 15 is 0 Å². The molecule has 0 bridgehead atoms. The quantitative estimate of drug-likeness (QED) is 0.509. The van der Waals surface area contributed by atoms with Crippen molar-refractivity contribution in [3.8, 4) is 5.75 Å². The third-order valence-electron chi connectivity index (χ3n) is 1.93. The highest BCUT2D eigenvalue weighted by Crippen LogP contribution is 2.11. The van der Waals surface area contributed by atoms with Crippen LogP contribution >= 0.6 is 0 Å². The van der Waals surface area contributed by atoms with Crippen molar-refractivity contribution in [3.05, 3.63) is 42.5 Å². The minimum atomic E-state index is 0.621. The van der Waals surface area contributed by atoms with Crippen molar-refractivity contribution in [1.82, 2.24) is 0 Å². The lowest BCUT2D eigenvalue weighted by atomic mass is 10.1. The van der Waals surface area contributed by atoms with E-state index in [1.165, 1.54) is 5.56 Å². The van der Waals surface area contributed by atoms with E-state index in [0.29, 0.717) is 6.61 Å². The summed E-state index contributed by atoms with van der Waals surface area (Å²) >= 11 is 0. The van der Waals surface area contributed by atoms with Gasteiger partial charge in [0.25, 0.3) is 0 Å². The van der Waals surface area contributed by atoms with Gasteiger partial charge in [-0.2, -0.15) is 0 Å². The molecule has 0 aromatic heterocycles. The minimum absolute atomic E-state index is 0.621. The van der Waals surface area contributed by atoms with Gasteiger partial charge >= 0.3 is 0 Å². The normalized spacial score (nSPS) is 9.79. The van der Waals surface area contributed by atoms with Crippen LogP contribution in [0.4, 0.5) is 0 Å². The molecule has 0 aliphatic rings. The van der Waals surface area contributed by atoms with Crippen molar-refractivity contribution >= 4 is 0 Å². The molecule has 1 aromatic carbocycles. The van der Waals surface area contributed by atoms with E-state index in [0.717, 1.165) is 18.8 Å². The van der Waals surface area contributed by atoms with Gasteiger partial charge in [0.2, 0.25) is 0 Å². The zero-order valence-corrected chi connectivity index (χ0v) is 8.53. The van der Waals surface area contributed by atoms with Gasteiger partial charge in [-0.05, 0) is 24.1 Å². The Labute approximate surface area is 85.2 Å². The first kappa shape index (κ1) is 10.8. The van der Waals surface area contributed by atoms with E-state index in [2.05, 4.69) is 18.7 Å². The van der Waals surface area contributed by atoms with Crippen LogP contribution in [0.2, 0.25) is 0 Å². The first-order valence-electron chi connectivity index (χ1n) is 4.68. The lowest BCUT2D eigenvalue weighted by molar-refractivity contribution is 0.166. The van der Waals surface area contributed by atoms with Gasteiger partial charge in [-0.3, -0.25) is 0 Å². The largest absolute Gasteiger partial charge is 0.497 e. The summed E-state index contributed by atoms with van der Waals surface area (Å²) in [6, 6.07) is 8.03. The number of rotatable bonds is 6. The van der Waals surface area contributed by atoms with Crippen LogP contribution in [0.15, 0.2) is 36.9 Å². The molecule has 0 aliphatic heterocycles. The molecule has 0 N–H and O–H groups in total. The highest BCUT2D eigenvalue weighted by Gasteiger charge is 1.93. The van der Waals surface area contributed by atoms with Crippen molar-refractivity contribution in [1.29, 1.82) is 0 Å². The molecular weight excluding hydrogens is 176 g/mol. The molecule has 14 heavy (non-hydrogen) atoms. The Kier molecular flexibility index (Phi) is 4.79. The van der Waals surface area contributed by atoms with Crippen LogP contribution in [0.25, 0.3) is 0 Å². The molecule has 0 radical (unpaired) electrons. The van der Waals surface area contributed by atoms with Gasteiger partial charge in [0.05, 0.1) is 20.3 Å². The van der Waals surface area contributed by atoms with Gasteiger partial charge in [-0.15, -0.1) is 6.58 Å². The van der Waals surface area contributed by atoms with Crippen molar-refractivity contribution in [3.63, 3.8) is 0 Å². The summed E-state index contributed by atoms with van der Waals surface area (Å²) < 4.78 is 10.4. The Morgan fingerprint density at radius 2 is 2.00 bits per heavy atom. The van der Waals surface area contributed by atoms with E-state index in [4.69, 9.17) is 9.47 Å². The van der Waals surface area contributed by atoms with Crippen LogP contribution in [-0.4, -0.2) is 20.3 Å². The minimum Gasteiger partial charge on any atom is -0.497 e. The van der Waals surface area contributed by atoms with Crippen LogP contribution in [0.3, 0.4) is 0 Å². The smallest absolute Gasteiger partial charge is 0.118 e. The fraction of sp³-hybridized carbons (Fsp3) is 0.333. The molecule has 0 saturated carbocycles. The number of ether oxygens (including phenoxy) is 2. The Hall–Kier alpha value is -1.28. The monoisotopic (exact) mass is 192 g/mol. The highest BCUT2D eigenvalue weighted by molar-refractivity contribution is 5.27. The predicted molar refractivity (Wildman–Crippen MR) is 57.7 cm³/mol. The Bertz CT molecular complexity index is 264. The second-order valence-corrected chi connectivity index (χ2v) is 2.96. The van der Waals surface area contributed by atoms with Crippen LogP contribution in [0, 0.1) is 0 Å². The fourth-order valence-electron chi connectivity index (χ4n) is 1.15. The Morgan fingerprint density at radius 1 is 1.29 bits per heavy atom. The second-order valence-electron chi connectivity index (χ2n) is 2.96. The maximum absolute atomic E-state index is 5.29. The molecule has 1 rings (SSSR count).